The van der Waals surface area contributed by atoms with Gasteiger partial charge < -0.3 is 9.72 Å². The Kier molecular flexibility index (Phi) is 5.10. The van der Waals surface area contributed by atoms with E-state index in [1.165, 1.54) is 17.4 Å². The van der Waals surface area contributed by atoms with Crippen LogP contribution in [0.4, 0.5) is 4.39 Å². The van der Waals surface area contributed by atoms with E-state index in [1.807, 2.05) is 17.5 Å². The van der Waals surface area contributed by atoms with Gasteiger partial charge in [-0.1, -0.05) is 12.1 Å². The number of rotatable bonds is 6. The van der Waals surface area contributed by atoms with Crippen LogP contribution in [0.1, 0.15) is 24.2 Å². The Morgan fingerprint density at radius 3 is 3.08 bits per heavy atom. The topological polar surface area (TPSA) is 58.2 Å². The highest BCUT2D eigenvalue weighted by molar-refractivity contribution is 7.17. The van der Waals surface area contributed by atoms with E-state index in [0.717, 1.165) is 37.1 Å². The van der Waals surface area contributed by atoms with Crippen molar-refractivity contribution in [1.82, 2.24) is 14.9 Å². The first-order chi connectivity index (χ1) is 12.7. The number of hydrogen-bond acceptors (Lipinski definition) is 5. The molecule has 0 radical (unpaired) electrons. The maximum absolute atomic E-state index is 13.5. The third kappa shape index (κ3) is 4.00. The van der Waals surface area contributed by atoms with Crippen molar-refractivity contribution in [3.63, 3.8) is 0 Å². The van der Waals surface area contributed by atoms with Crippen LogP contribution in [0.2, 0.25) is 0 Å². The zero-order chi connectivity index (χ0) is 17.9. The summed E-state index contributed by atoms with van der Waals surface area (Å²) in [6.45, 7) is 2.57. The molecule has 1 aliphatic rings. The average Bonchev–Trinajstić information content (AvgIpc) is 3.26. The molecule has 2 aromatic heterocycles. The zero-order valence-corrected chi connectivity index (χ0v) is 15.1. The minimum Gasteiger partial charge on any atom is -0.377 e. The van der Waals surface area contributed by atoms with Gasteiger partial charge in [-0.05, 0) is 42.0 Å². The Labute approximate surface area is 154 Å². The van der Waals surface area contributed by atoms with Gasteiger partial charge in [0.1, 0.15) is 16.3 Å². The average molecular weight is 373 g/mol. The number of thiophene rings is 1. The molecule has 5 nitrogen and oxygen atoms in total. The molecule has 0 unspecified atom stereocenters. The molecule has 136 valence electrons. The lowest BCUT2D eigenvalue weighted by Gasteiger charge is -2.24. The number of benzene rings is 1. The van der Waals surface area contributed by atoms with Crippen molar-refractivity contribution < 1.29 is 9.13 Å². The molecule has 0 bridgehead atoms. The van der Waals surface area contributed by atoms with Crippen LogP contribution in [-0.2, 0) is 17.8 Å². The van der Waals surface area contributed by atoms with Crippen molar-refractivity contribution in [3.05, 3.63) is 63.3 Å². The lowest BCUT2D eigenvalue weighted by molar-refractivity contribution is 0.0670. The quantitative estimate of drug-likeness (QED) is 0.720. The van der Waals surface area contributed by atoms with E-state index < -0.39 is 0 Å². The molecule has 0 amide bonds. The maximum atomic E-state index is 13.5. The highest BCUT2D eigenvalue weighted by Crippen LogP contribution is 2.18. The summed E-state index contributed by atoms with van der Waals surface area (Å²) in [6, 6.07) is 8.46. The molecular formula is C19H20FN3O2S. The molecule has 0 aliphatic carbocycles. The largest absolute Gasteiger partial charge is 0.377 e. The molecule has 0 spiro atoms. The first-order valence-electron chi connectivity index (χ1n) is 8.72. The third-order valence-corrected chi connectivity index (χ3v) is 5.42. The number of halogens is 1. The van der Waals surface area contributed by atoms with Crippen molar-refractivity contribution >= 4 is 21.6 Å². The lowest BCUT2D eigenvalue weighted by atomic mass is 10.1. The highest BCUT2D eigenvalue weighted by atomic mass is 32.1. The van der Waals surface area contributed by atoms with Crippen LogP contribution in [0.5, 0.6) is 0 Å². The number of nitrogens with zero attached hydrogens (tertiary/aromatic N) is 2. The molecule has 1 fully saturated rings. The molecule has 0 saturated carbocycles. The summed E-state index contributed by atoms with van der Waals surface area (Å²) in [4.78, 5) is 21.8. The fraction of sp³-hybridized carbons (Fsp3) is 0.368. The molecule has 3 heterocycles. The first-order valence-corrected chi connectivity index (χ1v) is 9.60. The van der Waals surface area contributed by atoms with Gasteiger partial charge in [0.25, 0.3) is 5.56 Å². The van der Waals surface area contributed by atoms with Gasteiger partial charge in [-0.3, -0.25) is 9.69 Å². The van der Waals surface area contributed by atoms with Crippen molar-refractivity contribution in [1.29, 1.82) is 0 Å². The van der Waals surface area contributed by atoms with Crippen LogP contribution in [-0.4, -0.2) is 34.1 Å². The second-order valence-corrected chi connectivity index (χ2v) is 7.50. The summed E-state index contributed by atoms with van der Waals surface area (Å²) >= 11 is 1.39. The van der Waals surface area contributed by atoms with E-state index in [9.17, 15) is 9.18 Å². The van der Waals surface area contributed by atoms with Crippen molar-refractivity contribution in [3.8, 4) is 0 Å². The summed E-state index contributed by atoms with van der Waals surface area (Å²) in [7, 11) is 0. The van der Waals surface area contributed by atoms with E-state index >= 15 is 0 Å². The first kappa shape index (κ1) is 17.3. The lowest BCUT2D eigenvalue weighted by Crippen LogP contribution is -2.32. The number of aromatic amines is 1. The van der Waals surface area contributed by atoms with Gasteiger partial charge in [-0.25, -0.2) is 9.37 Å². The molecule has 1 saturated heterocycles. The van der Waals surface area contributed by atoms with E-state index in [2.05, 4.69) is 14.9 Å². The fourth-order valence-electron chi connectivity index (χ4n) is 3.36. The predicted octanol–water partition coefficient (Wildman–Crippen LogP) is 3.30. The Morgan fingerprint density at radius 2 is 2.27 bits per heavy atom. The summed E-state index contributed by atoms with van der Waals surface area (Å²) in [5, 5.41) is 1.87. The second-order valence-electron chi connectivity index (χ2n) is 6.58. The molecule has 7 heteroatoms. The number of H-pyrrole nitrogens is 1. The summed E-state index contributed by atoms with van der Waals surface area (Å²) in [5.41, 5.74) is 1.50. The molecule has 4 rings (SSSR count). The number of ether oxygens (including phenoxy) is 1. The van der Waals surface area contributed by atoms with Gasteiger partial charge in [-0.2, -0.15) is 0 Å². The van der Waals surface area contributed by atoms with Gasteiger partial charge in [0.2, 0.25) is 0 Å². The Hall–Kier alpha value is -2.09. The molecule has 1 aromatic carbocycles. The maximum Gasteiger partial charge on any atom is 0.268 e. The van der Waals surface area contributed by atoms with Gasteiger partial charge in [0.05, 0.1) is 18.2 Å². The molecular weight excluding hydrogens is 353 g/mol. The van der Waals surface area contributed by atoms with Crippen molar-refractivity contribution in [2.45, 2.75) is 32.0 Å². The van der Waals surface area contributed by atoms with Gasteiger partial charge in [0.15, 0.2) is 0 Å². The molecule has 1 aliphatic heterocycles. The zero-order valence-electron chi connectivity index (χ0n) is 14.3. The van der Waals surface area contributed by atoms with Crippen LogP contribution in [0.25, 0.3) is 10.2 Å². The normalized spacial score (nSPS) is 17.4. The summed E-state index contributed by atoms with van der Waals surface area (Å²) < 4.78 is 19.9. The van der Waals surface area contributed by atoms with Crippen LogP contribution >= 0.6 is 11.3 Å². The van der Waals surface area contributed by atoms with Crippen LogP contribution in [0, 0.1) is 5.82 Å². The Balaban J connectivity index is 1.57. The van der Waals surface area contributed by atoms with Crippen LogP contribution in [0.3, 0.4) is 0 Å². The summed E-state index contributed by atoms with van der Waals surface area (Å²) in [6.07, 6.45) is 2.25. The smallest absolute Gasteiger partial charge is 0.268 e. The fourth-order valence-corrected chi connectivity index (χ4v) is 4.09. The molecule has 1 atom stereocenters. The van der Waals surface area contributed by atoms with Crippen molar-refractivity contribution in [2.24, 2.45) is 0 Å². The number of hydrogen-bond donors (Lipinski definition) is 1. The SMILES string of the molecule is O=c1[nH]c(CN(Cc2cccc(F)c2)C[C@H]2CCCO2)nc2ccsc12. The predicted molar refractivity (Wildman–Crippen MR) is 99.7 cm³/mol. The number of aromatic nitrogens is 2. The number of fused-ring (bicyclic) bond motifs is 1. The van der Waals surface area contributed by atoms with E-state index in [0.29, 0.717) is 23.6 Å². The third-order valence-electron chi connectivity index (χ3n) is 4.52. The monoisotopic (exact) mass is 373 g/mol. The molecule has 1 N–H and O–H groups in total. The standard InChI is InChI=1S/C19H20FN3O2S/c20-14-4-1-3-13(9-14)10-23(11-15-5-2-7-25-15)12-17-21-16-6-8-26-18(16)19(24)22-17/h1,3-4,6,8-9,15H,2,5,7,10-12H2,(H,21,22,24)/t15-/m1/s1. The Bertz CT molecular complexity index is 949. The van der Waals surface area contributed by atoms with E-state index in [1.54, 1.807) is 12.1 Å². The highest BCUT2D eigenvalue weighted by Gasteiger charge is 2.20. The summed E-state index contributed by atoms with van der Waals surface area (Å²) in [5.74, 6) is 0.376. The minimum absolute atomic E-state index is 0.108. The van der Waals surface area contributed by atoms with Gasteiger partial charge in [-0.15, -0.1) is 11.3 Å². The molecule has 3 aromatic rings. The van der Waals surface area contributed by atoms with E-state index in [4.69, 9.17) is 4.74 Å². The van der Waals surface area contributed by atoms with Crippen LogP contribution < -0.4 is 5.56 Å². The van der Waals surface area contributed by atoms with Crippen LogP contribution in [0.15, 0.2) is 40.5 Å². The van der Waals surface area contributed by atoms with Crippen molar-refractivity contribution in [2.75, 3.05) is 13.2 Å². The molecule has 26 heavy (non-hydrogen) atoms. The van der Waals surface area contributed by atoms with Gasteiger partial charge >= 0.3 is 0 Å². The van der Waals surface area contributed by atoms with Gasteiger partial charge in [0, 0.05) is 19.7 Å². The minimum atomic E-state index is -0.245. The Morgan fingerprint density at radius 1 is 1.35 bits per heavy atom. The second kappa shape index (κ2) is 7.65. The number of nitrogens with one attached hydrogen (secondary N) is 1. The van der Waals surface area contributed by atoms with E-state index in [-0.39, 0.29) is 17.5 Å².